The maximum absolute atomic E-state index is 5.71. The first-order valence-electron chi connectivity index (χ1n) is 6.07. The van der Waals surface area contributed by atoms with Crippen molar-refractivity contribution in [2.24, 2.45) is 5.84 Å². The van der Waals surface area contributed by atoms with Gasteiger partial charge in [-0.3, -0.25) is 16.0 Å². The summed E-state index contributed by atoms with van der Waals surface area (Å²) in [5.41, 5.74) is 5.18. The van der Waals surface area contributed by atoms with Gasteiger partial charge in [-0.1, -0.05) is 28.1 Å². The fraction of sp³-hybridized carbons (Fsp3) is 0.308. The van der Waals surface area contributed by atoms with E-state index in [1.54, 1.807) is 0 Å². The van der Waals surface area contributed by atoms with E-state index in [-0.39, 0.29) is 6.04 Å². The van der Waals surface area contributed by atoms with Gasteiger partial charge in [0.2, 0.25) is 0 Å². The molecule has 0 aliphatic rings. The zero-order chi connectivity index (χ0) is 13.8. The highest BCUT2D eigenvalue weighted by molar-refractivity contribution is 9.10. The summed E-state index contributed by atoms with van der Waals surface area (Å²) >= 11 is 6.98. The van der Waals surface area contributed by atoms with E-state index >= 15 is 0 Å². The number of nitrogens with one attached hydrogen (secondary N) is 1. The Kier molecular flexibility index (Phi) is 5.15. The first-order chi connectivity index (χ1) is 9.15. The van der Waals surface area contributed by atoms with Gasteiger partial charge in [0.05, 0.1) is 22.4 Å². The molecule has 0 aliphatic heterocycles. The number of halogens is 2. The van der Waals surface area contributed by atoms with Crippen LogP contribution in [0.4, 0.5) is 0 Å². The summed E-state index contributed by atoms with van der Waals surface area (Å²) in [6.07, 6.45) is 2.62. The minimum absolute atomic E-state index is 0.0259. The summed E-state index contributed by atoms with van der Waals surface area (Å²) in [4.78, 5) is 0. The van der Waals surface area contributed by atoms with Crippen molar-refractivity contribution in [3.8, 4) is 0 Å². The lowest BCUT2D eigenvalue weighted by atomic mass is 10.0. The van der Waals surface area contributed by atoms with Gasteiger partial charge in [-0.05, 0) is 47.0 Å². The number of nitrogens with zero attached hydrogens (tertiary/aromatic N) is 2. The second-order valence-corrected chi connectivity index (χ2v) is 6.01. The molecule has 3 N–H and O–H groups in total. The summed E-state index contributed by atoms with van der Waals surface area (Å²) < 4.78 is 4.01. The van der Waals surface area contributed by atoms with Crippen LogP contribution in [0.3, 0.4) is 0 Å². The second-order valence-electron chi connectivity index (χ2n) is 4.24. The Bertz CT molecular complexity index is 536. The van der Waals surface area contributed by atoms with Crippen molar-refractivity contribution < 1.29 is 0 Å². The largest absolute Gasteiger partial charge is 0.271 e. The van der Waals surface area contributed by atoms with E-state index in [9.17, 15) is 0 Å². The number of hydrazine groups is 1. The number of aromatic nitrogens is 2. The highest BCUT2D eigenvalue weighted by atomic mass is 79.9. The quantitative estimate of drug-likeness (QED) is 0.611. The number of benzene rings is 1. The van der Waals surface area contributed by atoms with Crippen molar-refractivity contribution in [3.63, 3.8) is 0 Å². The number of nitrogens with two attached hydrogens (primary N) is 1. The van der Waals surface area contributed by atoms with Gasteiger partial charge in [-0.2, -0.15) is 5.10 Å². The van der Waals surface area contributed by atoms with E-state index in [0.717, 1.165) is 27.6 Å². The molecule has 0 bridgehead atoms. The number of hydrogen-bond donors (Lipinski definition) is 2. The molecular weight excluding hydrogens is 372 g/mol. The van der Waals surface area contributed by atoms with Crippen molar-refractivity contribution in [1.29, 1.82) is 0 Å². The van der Waals surface area contributed by atoms with Crippen molar-refractivity contribution in [2.75, 3.05) is 0 Å². The van der Waals surface area contributed by atoms with Crippen LogP contribution >= 0.6 is 31.9 Å². The third kappa shape index (κ3) is 3.45. The van der Waals surface area contributed by atoms with Crippen molar-refractivity contribution >= 4 is 31.9 Å². The summed E-state index contributed by atoms with van der Waals surface area (Å²) in [6.45, 7) is 2.88. The van der Waals surface area contributed by atoms with Crippen LogP contribution in [-0.2, 0) is 13.0 Å². The van der Waals surface area contributed by atoms with Crippen LogP contribution in [0, 0.1) is 0 Å². The third-order valence-corrected chi connectivity index (χ3v) is 4.16. The zero-order valence-corrected chi connectivity index (χ0v) is 13.8. The van der Waals surface area contributed by atoms with Gasteiger partial charge in [0, 0.05) is 11.0 Å². The van der Waals surface area contributed by atoms with Crippen LogP contribution < -0.4 is 11.3 Å². The number of rotatable bonds is 5. The molecule has 0 aliphatic carbocycles. The molecule has 0 saturated heterocycles. The Morgan fingerprint density at radius 1 is 1.32 bits per heavy atom. The molecule has 4 nitrogen and oxygen atoms in total. The van der Waals surface area contributed by atoms with Gasteiger partial charge < -0.3 is 0 Å². The Morgan fingerprint density at radius 3 is 2.58 bits per heavy atom. The predicted octanol–water partition coefficient (Wildman–Crippen LogP) is 3.18. The average molecular weight is 388 g/mol. The Hall–Kier alpha value is -0.690. The molecule has 0 amide bonds. The monoisotopic (exact) mass is 386 g/mol. The van der Waals surface area contributed by atoms with Crippen LogP contribution in [0.5, 0.6) is 0 Å². The summed E-state index contributed by atoms with van der Waals surface area (Å²) in [5.74, 6) is 5.71. The summed E-state index contributed by atoms with van der Waals surface area (Å²) in [5, 5.41) is 4.33. The summed E-state index contributed by atoms with van der Waals surface area (Å²) in [6, 6.07) is 8.28. The fourth-order valence-electron chi connectivity index (χ4n) is 2.06. The van der Waals surface area contributed by atoms with Gasteiger partial charge in [-0.15, -0.1) is 0 Å². The van der Waals surface area contributed by atoms with Crippen molar-refractivity contribution in [1.82, 2.24) is 15.2 Å². The molecule has 0 spiro atoms. The molecule has 2 aromatic rings. The van der Waals surface area contributed by atoms with E-state index in [1.807, 2.05) is 23.0 Å². The zero-order valence-electron chi connectivity index (χ0n) is 10.6. The smallest absolute Gasteiger partial charge is 0.0712 e. The van der Waals surface area contributed by atoms with Gasteiger partial charge in [0.1, 0.15) is 0 Å². The molecule has 1 unspecified atom stereocenters. The van der Waals surface area contributed by atoms with Crippen LogP contribution in [-0.4, -0.2) is 9.78 Å². The molecule has 2 rings (SSSR count). The van der Waals surface area contributed by atoms with E-state index < -0.39 is 0 Å². The Morgan fingerprint density at radius 2 is 2.00 bits per heavy atom. The minimum Gasteiger partial charge on any atom is -0.271 e. The first kappa shape index (κ1) is 14.7. The molecule has 0 radical (unpaired) electrons. The van der Waals surface area contributed by atoms with Crippen LogP contribution in [0.1, 0.15) is 24.2 Å². The number of hydrogen-bond acceptors (Lipinski definition) is 3. The molecular formula is C13H16Br2N4. The maximum atomic E-state index is 5.71. The normalized spacial score (nSPS) is 12.6. The van der Waals surface area contributed by atoms with Gasteiger partial charge in [0.25, 0.3) is 0 Å². The van der Waals surface area contributed by atoms with E-state index in [2.05, 4.69) is 61.4 Å². The molecule has 0 saturated carbocycles. The van der Waals surface area contributed by atoms with Gasteiger partial charge >= 0.3 is 0 Å². The second kappa shape index (κ2) is 6.65. The van der Waals surface area contributed by atoms with Crippen molar-refractivity contribution in [3.05, 3.63) is 50.7 Å². The van der Waals surface area contributed by atoms with E-state index in [4.69, 9.17) is 5.84 Å². The maximum Gasteiger partial charge on any atom is 0.0712 e. The highest BCUT2D eigenvalue weighted by Gasteiger charge is 2.18. The third-order valence-electron chi connectivity index (χ3n) is 3.02. The topological polar surface area (TPSA) is 55.9 Å². The molecule has 19 heavy (non-hydrogen) atoms. The van der Waals surface area contributed by atoms with Gasteiger partial charge in [-0.25, -0.2) is 0 Å². The first-order valence-corrected chi connectivity index (χ1v) is 7.66. The van der Waals surface area contributed by atoms with Crippen LogP contribution in [0.2, 0.25) is 0 Å². The lowest BCUT2D eigenvalue weighted by Gasteiger charge is -2.18. The lowest BCUT2D eigenvalue weighted by molar-refractivity contribution is 0.489. The van der Waals surface area contributed by atoms with Crippen LogP contribution in [0.15, 0.2) is 39.4 Å². The summed E-state index contributed by atoms with van der Waals surface area (Å²) in [7, 11) is 0. The molecule has 102 valence electrons. The molecule has 1 aromatic heterocycles. The Labute approximate surface area is 129 Å². The fourth-order valence-corrected chi connectivity index (χ4v) is 2.90. The molecule has 1 atom stereocenters. The number of aryl methyl sites for hydroxylation is 1. The Balaban J connectivity index is 2.24. The molecule has 6 heteroatoms. The molecule has 0 fully saturated rings. The highest BCUT2D eigenvalue weighted by Crippen LogP contribution is 2.26. The minimum atomic E-state index is 0.0259. The molecule has 1 aromatic carbocycles. The van der Waals surface area contributed by atoms with E-state index in [0.29, 0.717) is 0 Å². The van der Waals surface area contributed by atoms with Gasteiger partial charge in [0.15, 0.2) is 0 Å². The van der Waals surface area contributed by atoms with Crippen molar-refractivity contribution in [2.45, 2.75) is 25.9 Å². The average Bonchev–Trinajstić information content (AvgIpc) is 2.79. The van der Waals surface area contributed by atoms with Crippen LogP contribution in [0.25, 0.3) is 0 Å². The standard InChI is InChI=1S/C13H16Br2N4/c1-2-19-13(11(15)8-17-19)12(18-16)7-9-3-5-10(14)6-4-9/h3-6,8,12,18H,2,7,16H2,1H3. The van der Waals surface area contributed by atoms with E-state index in [1.165, 1.54) is 5.56 Å². The SMILES string of the molecule is CCn1ncc(Br)c1C(Cc1ccc(Br)cc1)NN. The predicted molar refractivity (Wildman–Crippen MR) is 83.5 cm³/mol. The lowest BCUT2D eigenvalue weighted by Crippen LogP contribution is -2.31. The molecule has 1 heterocycles.